The highest BCUT2D eigenvalue weighted by Crippen LogP contribution is 2.16. The molecule has 1 saturated heterocycles. The summed E-state index contributed by atoms with van der Waals surface area (Å²) in [4.78, 5) is 33.9. The molecular formula is C15H15FN2O4. The zero-order valence-electron chi connectivity index (χ0n) is 11.7. The first kappa shape index (κ1) is 15.7. The maximum absolute atomic E-state index is 13.7. The van der Waals surface area contributed by atoms with E-state index >= 15 is 0 Å². The van der Waals surface area contributed by atoms with Crippen LogP contribution in [0.3, 0.4) is 0 Å². The molecule has 1 aromatic rings. The fourth-order valence-corrected chi connectivity index (χ4v) is 1.99. The van der Waals surface area contributed by atoms with Crippen LogP contribution in [-0.2, 0) is 25.7 Å². The third kappa shape index (κ3) is 3.91. The smallest absolute Gasteiger partial charge is 0.306 e. The summed E-state index contributed by atoms with van der Waals surface area (Å²) >= 11 is 0. The number of nitrogens with one attached hydrogen (secondary N) is 2. The lowest BCUT2D eigenvalue weighted by Crippen LogP contribution is -2.34. The Morgan fingerprint density at radius 2 is 2.23 bits per heavy atom. The molecule has 7 heteroatoms. The van der Waals surface area contributed by atoms with E-state index in [1.165, 1.54) is 18.2 Å². The normalized spacial score (nSPS) is 16.8. The lowest BCUT2D eigenvalue weighted by atomic mass is 10.1. The fraction of sp³-hybridized carbons (Fsp3) is 0.267. The fourth-order valence-electron chi connectivity index (χ4n) is 1.99. The Bertz CT molecular complexity index is 630. The molecule has 0 aromatic heterocycles. The van der Waals surface area contributed by atoms with Gasteiger partial charge in [-0.05, 0) is 24.3 Å². The molecule has 2 N–H and O–H groups in total. The van der Waals surface area contributed by atoms with Crippen LogP contribution in [0.1, 0.15) is 18.4 Å². The van der Waals surface area contributed by atoms with Crippen molar-refractivity contribution in [3.8, 4) is 0 Å². The van der Waals surface area contributed by atoms with Gasteiger partial charge in [0.05, 0.1) is 0 Å². The molecule has 0 bridgehead atoms. The summed E-state index contributed by atoms with van der Waals surface area (Å²) in [5.74, 6) is -1.81. The van der Waals surface area contributed by atoms with Gasteiger partial charge in [-0.2, -0.15) is 0 Å². The second kappa shape index (κ2) is 6.84. The number of carbonyl (C=O) groups excluding carboxylic acids is 3. The van der Waals surface area contributed by atoms with E-state index in [4.69, 9.17) is 4.74 Å². The van der Waals surface area contributed by atoms with Crippen LogP contribution in [0, 0.1) is 5.82 Å². The molecule has 6 nitrogen and oxygen atoms in total. The van der Waals surface area contributed by atoms with Gasteiger partial charge in [0.15, 0.2) is 6.10 Å². The van der Waals surface area contributed by atoms with Crippen molar-refractivity contribution in [2.75, 3.05) is 5.32 Å². The Morgan fingerprint density at radius 3 is 2.86 bits per heavy atom. The van der Waals surface area contributed by atoms with E-state index in [0.717, 1.165) is 6.08 Å². The van der Waals surface area contributed by atoms with Crippen LogP contribution in [0.5, 0.6) is 0 Å². The molecule has 0 radical (unpaired) electrons. The van der Waals surface area contributed by atoms with Gasteiger partial charge >= 0.3 is 5.97 Å². The standard InChI is InChI=1S/C15H15FN2O4/c1-2-13(19)18-10-3-4-11(16)9(7-10)8-17-15(21)12-5-6-14(20)22-12/h2-4,7,12H,1,5-6,8H2,(H,17,21)(H,18,19)/t12-/m1/s1. The minimum Gasteiger partial charge on any atom is -0.452 e. The van der Waals surface area contributed by atoms with Crippen LogP contribution in [0.15, 0.2) is 30.9 Å². The molecule has 0 saturated carbocycles. The van der Waals surface area contributed by atoms with Crippen molar-refractivity contribution in [2.45, 2.75) is 25.5 Å². The molecule has 0 aliphatic carbocycles. The van der Waals surface area contributed by atoms with E-state index < -0.39 is 29.7 Å². The van der Waals surface area contributed by atoms with E-state index in [-0.39, 0.29) is 18.5 Å². The number of cyclic esters (lactones) is 1. The van der Waals surface area contributed by atoms with Crippen molar-refractivity contribution < 1.29 is 23.5 Å². The second-order valence-corrected chi connectivity index (χ2v) is 4.73. The lowest BCUT2D eigenvalue weighted by molar-refractivity contribution is -0.148. The van der Waals surface area contributed by atoms with Crippen LogP contribution in [0.4, 0.5) is 10.1 Å². The second-order valence-electron chi connectivity index (χ2n) is 4.73. The Balaban J connectivity index is 1.98. The number of amides is 2. The molecule has 1 aliphatic rings. The molecule has 1 atom stereocenters. The highest BCUT2D eigenvalue weighted by Gasteiger charge is 2.29. The molecule has 1 aliphatic heterocycles. The van der Waals surface area contributed by atoms with Gasteiger partial charge in [-0.25, -0.2) is 4.39 Å². The first-order chi connectivity index (χ1) is 10.5. The number of hydrogen-bond donors (Lipinski definition) is 2. The zero-order chi connectivity index (χ0) is 16.1. The number of ether oxygens (including phenoxy) is 1. The van der Waals surface area contributed by atoms with Gasteiger partial charge in [-0.3, -0.25) is 14.4 Å². The van der Waals surface area contributed by atoms with Gasteiger partial charge in [0.1, 0.15) is 5.82 Å². The lowest BCUT2D eigenvalue weighted by Gasteiger charge is -2.11. The number of rotatable bonds is 5. The molecule has 0 unspecified atom stereocenters. The molecule has 1 aromatic carbocycles. The minimum absolute atomic E-state index is 0.0729. The van der Waals surface area contributed by atoms with E-state index in [0.29, 0.717) is 12.1 Å². The maximum atomic E-state index is 13.7. The van der Waals surface area contributed by atoms with Crippen LogP contribution in [0.25, 0.3) is 0 Å². The van der Waals surface area contributed by atoms with Gasteiger partial charge < -0.3 is 15.4 Å². The summed E-state index contributed by atoms with van der Waals surface area (Å²) in [6.07, 6.45) is 0.802. The SMILES string of the molecule is C=CC(=O)Nc1ccc(F)c(CNC(=O)[C@H]2CCC(=O)O2)c1. The van der Waals surface area contributed by atoms with Crippen LogP contribution >= 0.6 is 0 Å². The van der Waals surface area contributed by atoms with Crippen molar-refractivity contribution in [1.82, 2.24) is 5.32 Å². The third-order valence-corrected chi connectivity index (χ3v) is 3.13. The average Bonchev–Trinajstić information content (AvgIpc) is 2.94. The van der Waals surface area contributed by atoms with Crippen LogP contribution in [-0.4, -0.2) is 23.9 Å². The Labute approximate surface area is 126 Å². The number of halogens is 1. The number of anilines is 1. The van der Waals surface area contributed by atoms with Crippen LogP contribution < -0.4 is 10.6 Å². The molecule has 2 amide bonds. The highest BCUT2D eigenvalue weighted by molar-refractivity contribution is 5.98. The summed E-state index contributed by atoms with van der Waals surface area (Å²) < 4.78 is 18.5. The topological polar surface area (TPSA) is 84.5 Å². The quantitative estimate of drug-likeness (QED) is 0.634. The zero-order valence-corrected chi connectivity index (χ0v) is 11.7. The predicted octanol–water partition coefficient (Wildman–Crippen LogP) is 1.27. The van der Waals surface area contributed by atoms with Gasteiger partial charge in [-0.1, -0.05) is 6.58 Å². The Hall–Kier alpha value is -2.70. The van der Waals surface area contributed by atoms with Gasteiger partial charge in [-0.15, -0.1) is 0 Å². The van der Waals surface area contributed by atoms with Gasteiger partial charge in [0.2, 0.25) is 5.91 Å². The van der Waals surface area contributed by atoms with Crippen molar-refractivity contribution in [2.24, 2.45) is 0 Å². The number of carbonyl (C=O) groups is 3. The van der Waals surface area contributed by atoms with Crippen molar-refractivity contribution in [1.29, 1.82) is 0 Å². The van der Waals surface area contributed by atoms with E-state index in [9.17, 15) is 18.8 Å². The average molecular weight is 306 g/mol. The highest BCUT2D eigenvalue weighted by atomic mass is 19.1. The monoisotopic (exact) mass is 306 g/mol. The van der Waals surface area contributed by atoms with Gasteiger partial charge in [0.25, 0.3) is 5.91 Å². The number of hydrogen-bond acceptors (Lipinski definition) is 4. The Kier molecular flexibility index (Phi) is 4.88. The predicted molar refractivity (Wildman–Crippen MR) is 76.2 cm³/mol. The summed E-state index contributed by atoms with van der Waals surface area (Å²) in [7, 11) is 0. The Morgan fingerprint density at radius 1 is 1.45 bits per heavy atom. The van der Waals surface area contributed by atoms with Gasteiger partial charge in [0, 0.05) is 30.6 Å². The molecule has 0 spiro atoms. The summed E-state index contributed by atoms with van der Waals surface area (Å²) in [6, 6.07) is 4.01. The van der Waals surface area contributed by atoms with Crippen molar-refractivity contribution in [3.63, 3.8) is 0 Å². The number of benzene rings is 1. The molecule has 2 rings (SSSR count). The molecule has 1 heterocycles. The molecule has 1 fully saturated rings. The van der Waals surface area contributed by atoms with E-state index in [1.807, 2.05) is 0 Å². The van der Waals surface area contributed by atoms with E-state index in [2.05, 4.69) is 17.2 Å². The largest absolute Gasteiger partial charge is 0.452 e. The van der Waals surface area contributed by atoms with Crippen LogP contribution in [0.2, 0.25) is 0 Å². The summed E-state index contributed by atoms with van der Waals surface area (Å²) in [5.41, 5.74) is 0.599. The maximum Gasteiger partial charge on any atom is 0.306 e. The first-order valence-corrected chi connectivity index (χ1v) is 6.68. The summed E-state index contributed by atoms with van der Waals surface area (Å²) in [5, 5.41) is 5.01. The van der Waals surface area contributed by atoms with E-state index in [1.54, 1.807) is 0 Å². The first-order valence-electron chi connectivity index (χ1n) is 6.68. The molecule has 116 valence electrons. The minimum atomic E-state index is -0.820. The number of esters is 1. The molecule has 22 heavy (non-hydrogen) atoms. The summed E-state index contributed by atoms with van der Waals surface area (Å²) in [6.45, 7) is 3.25. The molecular weight excluding hydrogens is 291 g/mol. The third-order valence-electron chi connectivity index (χ3n) is 3.13. The van der Waals surface area contributed by atoms with Crippen molar-refractivity contribution in [3.05, 3.63) is 42.2 Å². The van der Waals surface area contributed by atoms with Crippen molar-refractivity contribution >= 4 is 23.5 Å².